The number of carbonyl (C=O) groups is 2. The van der Waals surface area contributed by atoms with Gasteiger partial charge in [0.25, 0.3) is 0 Å². The van der Waals surface area contributed by atoms with E-state index in [1.165, 1.54) is 0 Å². The molecule has 2 unspecified atom stereocenters. The minimum Gasteiger partial charge on any atom is -0.404 e. The highest BCUT2D eigenvalue weighted by molar-refractivity contribution is 6.48. The highest BCUT2D eigenvalue weighted by atomic mass is 28.3. The second-order valence-corrected chi connectivity index (χ2v) is 7.47. The molecule has 0 aliphatic carbocycles. The van der Waals surface area contributed by atoms with Crippen molar-refractivity contribution in [2.24, 2.45) is 11.3 Å². The maximum absolute atomic E-state index is 11.6. The molecule has 0 N–H and O–H groups in total. The third-order valence-electron chi connectivity index (χ3n) is 2.67. The van der Waals surface area contributed by atoms with Gasteiger partial charge < -0.3 is 9.16 Å². The summed E-state index contributed by atoms with van der Waals surface area (Å²) in [5.74, 6) is -1.06. The number of esters is 2. The molecule has 1 saturated heterocycles. The first kappa shape index (κ1) is 13.4. The Balaban J connectivity index is 2.89. The number of ether oxygens (including phenoxy) is 1. The predicted octanol–water partition coefficient (Wildman–Crippen LogP) is 1.76. The molecular formula is C11H19O4Si. The van der Waals surface area contributed by atoms with Crippen LogP contribution in [-0.2, 0) is 18.8 Å². The van der Waals surface area contributed by atoms with Crippen molar-refractivity contribution in [3.63, 3.8) is 0 Å². The molecule has 0 spiro atoms. The van der Waals surface area contributed by atoms with Crippen molar-refractivity contribution < 1.29 is 18.8 Å². The number of hydrogen-bond acceptors (Lipinski definition) is 4. The van der Waals surface area contributed by atoms with Crippen molar-refractivity contribution in [2.75, 3.05) is 0 Å². The topological polar surface area (TPSA) is 52.6 Å². The standard InChI is InChI=1S/C11H19O4Si/c1-11(2,3)7-6-8(12)14-10(13)9(7)15-16(4)5/h7,9H,6H2,1-5H3. The van der Waals surface area contributed by atoms with Crippen LogP contribution < -0.4 is 0 Å². The molecule has 0 aromatic rings. The van der Waals surface area contributed by atoms with Gasteiger partial charge in [-0.1, -0.05) is 20.8 Å². The Morgan fingerprint density at radius 1 is 1.31 bits per heavy atom. The molecular weight excluding hydrogens is 224 g/mol. The van der Waals surface area contributed by atoms with Gasteiger partial charge in [0, 0.05) is 5.92 Å². The summed E-state index contributed by atoms with van der Waals surface area (Å²) < 4.78 is 10.3. The fourth-order valence-corrected chi connectivity index (χ4v) is 2.58. The van der Waals surface area contributed by atoms with E-state index >= 15 is 0 Å². The van der Waals surface area contributed by atoms with Crippen LogP contribution in [0.1, 0.15) is 27.2 Å². The summed E-state index contributed by atoms with van der Waals surface area (Å²) in [6.07, 6.45) is -0.323. The Labute approximate surface area is 98.0 Å². The van der Waals surface area contributed by atoms with Crippen LogP contribution in [0.5, 0.6) is 0 Å². The smallest absolute Gasteiger partial charge is 0.341 e. The average molecular weight is 243 g/mol. The largest absolute Gasteiger partial charge is 0.404 e. The third kappa shape index (κ3) is 3.15. The van der Waals surface area contributed by atoms with Gasteiger partial charge in [-0.3, -0.25) is 4.79 Å². The Morgan fingerprint density at radius 3 is 2.31 bits per heavy atom. The molecule has 1 aliphatic heterocycles. The van der Waals surface area contributed by atoms with E-state index in [2.05, 4.69) is 4.74 Å². The zero-order valence-corrected chi connectivity index (χ0v) is 11.5. The predicted molar refractivity (Wildman–Crippen MR) is 61.0 cm³/mol. The van der Waals surface area contributed by atoms with E-state index in [-0.39, 0.29) is 17.8 Å². The number of carbonyl (C=O) groups excluding carboxylic acids is 2. The number of hydrogen-bond donors (Lipinski definition) is 0. The fourth-order valence-electron chi connectivity index (χ4n) is 1.81. The molecule has 0 amide bonds. The van der Waals surface area contributed by atoms with Crippen LogP contribution in [0.2, 0.25) is 13.1 Å². The first-order valence-electron chi connectivity index (χ1n) is 5.43. The molecule has 0 aromatic carbocycles. The van der Waals surface area contributed by atoms with Gasteiger partial charge in [-0.05, 0) is 18.5 Å². The highest BCUT2D eigenvalue weighted by Gasteiger charge is 2.44. The molecule has 1 rings (SSSR count). The van der Waals surface area contributed by atoms with Crippen LogP contribution in [0.4, 0.5) is 0 Å². The van der Waals surface area contributed by atoms with Crippen LogP contribution in [0.15, 0.2) is 0 Å². The molecule has 2 atom stereocenters. The summed E-state index contributed by atoms with van der Waals surface area (Å²) in [7, 11) is -0.988. The minimum atomic E-state index is -0.988. The molecule has 1 aliphatic rings. The lowest BCUT2D eigenvalue weighted by Crippen LogP contribution is -2.48. The monoisotopic (exact) mass is 243 g/mol. The summed E-state index contributed by atoms with van der Waals surface area (Å²) >= 11 is 0. The van der Waals surface area contributed by atoms with E-state index in [9.17, 15) is 9.59 Å². The first-order valence-corrected chi connectivity index (χ1v) is 7.84. The Morgan fingerprint density at radius 2 is 1.88 bits per heavy atom. The van der Waals surface area contributed by atoms with Gasteiger partial charge in [0.05, 0.1) is 6.42 Å². The van der Waals surface area contributed by atoms with Crippen molar-refractivity contribution in [3.8, 4) is 0 Å². The molecule has 1 heterocycles. The second kappa shape index (κ2) is 4.67. The van der Waals surface area contributed by atoms with E-state index in [1.807, 2.05) is 33.9 Å². The molecule has 16 heavy (non-hydrogen) atoms. The second-order valence-electron chi connectivity index (χ2n) is 5.42. The first-order chi connectivity index (χ1) is 7.21. The van der Waals surface area contributed by atoms with Crippen molar-refractivity contribution in [1.82, 2.24) is 0 Å². The van der Waals surface area contributed by atoms with Gasteiger partial charge in [0.15, 0.2) is 0 Å². The van der Waals surface area contributed by atoms with Crippen molar-refractivity contribution in [3.05, 3.63) is 0 Å². The normalized spacial score (nSPS) is 27.1. The zero-order valence-electron chi connectivity index (χ0n) is 10.5. The van der Waals surface area contributed by atoms with E-state index < -0.39 is 27.1 Å². The average Bonchev–Trinajstić information content (AvgIpc) is 2.06. The van der Waals surface area contributed by atoms with Gasteiger partial charge in [-0.25, -0.2) is 4.79 Å². The van der Waals surface area contributed by atoms with Crippen LogP contribution in [-0.4, -0.2) is 27.1 Å². The van der Waals surface area contributed by atoms with Gasteiger partial charge in [0.1, 0.15) is 6.10 Å². The summed E-state index contributed by atoms with van der Waals surface area (Å²) in [5.41, 5.74) is -0.142. The molecule has 91 valence electrons. The minimum absolute atomic E-state index is 0.0962. The fraction of sp³-hybridized carbons (Fsp3) is 0.818. The summed E-state index contributed by atoms with van der Waals surface area (Å²) in [4.78, 5) is 22.9. The Bertz CT molecular complexity index is 293. The van der Waals surface area contributed by atoms with E-state index in [4.69, 9.17) is 4.43 Å². The summed E-state index contributed by atoms with van der Waals surface area (Å²) in [5, 5.41) is 0. The van der Waals surface area contributed by atoms with Gasteiger partial charge >= 0.3 is 11.9 Å². The van der Waals surface area contributed by atoms with E-state index in [0.717, 1.165) is 0 Å². The quantitative estimate of drug-likeness (QED) is 0.421. The number of cyclic esters (lactones) is 2. The van der Waals surface area contributed by atoms with Crippen molar-refractivity contribution in [2.45, 2.75) is 46.4 Å². The molecule has 5 heteroatoms. The zero-order chi connectivity index (χ0) is 12.5. The number of rotatable bonds is 2. The molecule has 0 bridgehead atoms. The van der Waals surface area contributed by atoms with Crippen LogP contribution >= 0.6 is 0 Å². The summed E-state index contributed by atoms with van der Waals surface area (Å²) in [6.45, 7) is 9.97. The van der Waals surface area contributed by atoms with Crippen LogP contribution in [0.3, 0.4) is 0 Å². The van der Waals surface area contributed by atoms with Crippen LogP contribution in [0.25, 0.3) is 0 Å². The van der Waals surface area contributed by atoms with Gasteiger partial charge in [-0.15, -0.1) is 0 Å². The third-order valence-corrected chi connectivity index (χ3v) is 3.40. The SMILES string of the molecule is C[Si](C)OC1C(=O)OC(=O)CC1C(C)(C)C. The molecule has 0 saturated carbocycles. The van der Waals surface area contributed by atoms with Gasteiger partial charge in [0.2, 0.25) is 9.04 Å². The molecule has 0 aromatic heterocycles. The highest BCUT2D eigenvalue weighted by Crippen LogP contribution is 2.36. The van der Waals surface area contributed by atoms with Gasteiger partial charge in [-0.2, -0.15) is 0 Å². The van der Waals surface area contributed by atoms with Crippen molar-refractivity contribution in [1.29, 1.82) is 0 Å². The molecule has 1 fully saturated rings. The molecule has 4 nitrogen and oxygen atoms in total. The van der Waals surface area contributed by atoms with Crippen molar-refractivity contribution >= 4 is 21.0 Å². The lowest BCUT2D eigenvalue weighted by atomic mass is 9.74. The van der Waals surface area contributed by atoms with Crippen LogP contribution in [0, 0.1) is 11.3 Å². The Hall–Kier alpha value is -0.683. The lowest BCUT2D eigenvalue weighted by molar-refractivity contribution is -0.178. The Kier molecular flexibility index (Phi) is 3.91. The molecule has 1 radical (unpaired) electrons. The van der Waals surface area contributed by atoms with E-state index in [0.29, 0.717) is 0 Å². The maximum Gasteiger partial charge on any atom is 0.341 e. The van der Waals surface area contributed by atoms with E-state index in [1.54, 1.807) is 0 Å². The lowest BCUT2D eigenvalue weighted by Gasteiger charge is -2.38. The summed E-state index contributed by atoms with van der Waals surface area (Å²) in [6, 6.07) is 0. The maximum atomic E-state index is 11.6.